The van der Waals surface area contributed by atoms with Gasteiger partial charge < -0.3 is 16.1 Å². The summed E-state index contributed by atoms with van der Waals surface area (Å²) in [7, 11) is -4.65. The molecule has 0 radical (unpaired) electrons. The Balaban J connectivity index is 0.00000338. The molecule has 9 nitrogen and oxygen atoms in total. The lowest BCUT2D eigenvalue weighted by molar-refractivity contribution is -0.0179. The molecule has 2 aliphatic heterocycles. The van der Waals surface area contributed by atoms with Gasteiger partial charge in [-0.25, -0.2) is 0 Å². The van der Waals surface area contributed by atoms with E-state index in [1.165, 1.54) is 19.3 Å². The van der Waals surface area contributed by atoms with Crippen LogP contribution in [-0.4, -0.2) is 53.5 Å². The second-order valence-electron chi connectivity index (χ2n) is 6.64. The number of hydrogen-bond acceptors (Lipinski definition) is 7. The standard InChI is InChI=1S/C16H30N4O4S.H2O/c1-2-3-4-5-6-7-10-14-13-15(19-11-8-9-12-19)18-16(17)20(14)24-25(21,22)23;/h13-14H,2-12H2,1H3,(H2,17,18)(H,21,22,23);1H2. The molecule has 0 aromatic carbocycles. The summed E-state index contributed by atoms with van der Waals surface area (Å²) < 4.78 is 35.9. The molecule has 0 aromatic rings. The van der Waals surface area contributed by atoms with Gasteiger partial charge in [0.25, 0.3) is 0 Å². The largest absolute Gasteiger partial charge is 0.418 e. The lowest BCUT2D eigenvalue weighted by Crippen LogP contribution is -2.48. The van der Waals surface area contributed by atoms with Crippen LogP contribution in [0.1, 0.15) is 64.7 Å². The fraction of sp³-hybridized carbons (Fsp3) is 0.812. The maximum atomic E-state index is 11.1. The maximum absolute atomic E-state index is 11.1. The SMILES string of the molecule is CCCCCCCCC1C=C(N2CCCC2)N=C(N)N1OS(=O)(=O)O.O. The van der Waals surface area contributed by atoms with E-state index in [1.54, 1.807) is 0 Å². The van der Waals surface area contributed by atoms with E-state index in [0.717, 1.165) is 56.1 Å². The molecule has 0 saturated carbocycles. The molecule has 2 rings (SSSR count). The molecule has 0 aromatic heterocycles. The summed E-state index contributed by atoms with van der Waals surface area (Å²) in [6.07, 6.45) is 11.6. The third-order valence-electron chi connectivity index (χ3n) is 4.56. The minimum Gasteiger partial charge on any atom is -0.412 e. The van der Waals surface area contributed by atoms with Crippen molar-refractivity contribution in [3.05, 3.63) is 11.9 Å². The van der Waals surface area contributed by atoms with Crippen LogP contribution in [0.25, 0.3) is 0 Å². The molecule has 26 heavy (non-hydrogen) atoms. The molecule has 1 unspecified atom stereocenters. The highest BCUT2D eigenvalue weighted by atomic mass is 32.3. The van der Waals surface area contributed by atoms with E-state index in [9.17, 15) is 8.42 Å². The number of aliphatic imine (C=N–C) groups is 1. The molecular formula is C16H32N4O5S. The van der Waals surface area contributed by atoms with Crippen molar-refractivity contribution < 1.29 is 22.7 Å². The van der Waals surface area contributed by atoms with Gasteiger partial charge in [0, 0.05) is 13.1 Å². The zero-order valence-electron chi connectivity index (χ0n) is 15.4. The Morgan fingerprint density at radius 1 is 1.23 bits per heavy atom. The molecule has 0 amide bonds. The highest BCUT2D eigenvalue weighted by Gasteiger charge is 2.30. The first-order valence-electron chi connectivity index (χ1n) is 9.18. The number of nitrogens with zero attached hydrogens (tertiary/aromatic N) is 3. The van der Waals surface area contributed by atoms with Crippen LogP contribution in [0, 0.1) is 0 Å². The van der Waals surface area contributed by atoms with Gasteiger partial charge in [0.05, 0.1) is 6.04 Å². The molecule has 5 N–H and O–H groups in total. The highest BCUT2D eigenvalue weighted by molar-refractivity contribution is 7.80. The molecule has 1 fully saturated rings. The van der Waals surface area contributed by atoms with Crippen LogP contribution in [-0.2, 0) is 14.7 Å². The van der Waals surface area contributed by atoms with Crippen molar-refractivity contribution in [2.24, 2.45) is 10.7 Å². The summed E-state index contributed by atoms with van der Waals surface area (Å²) in [5.74, 6) is 0.721. The van der Waals surface area contributed by atoms with Crippen molar-refractivity contribution in [1.29, 1.82) is 0 Å². The van der Waals surface area contributed by atoms with Gasteiger partial charge in [-0.15, -0.1) is 4.28 Å². The number of guanidine groups is 1. The van der Waals surface area contributed by atoms with Crippen molar-refractivity contribution in [1.82, 2.24) is 9.96 Å². The molecule has 1 saturated heterocycles. The van der Waals surface area contributed by atoms with Crippen LogP contribution in [0.4, 0.5) is 0 Å². The van der Waals surface area contributed by atoms with E-state index in [1.807, 2.05) is 6.08 Å². The Bertz CT molecular complexity index is 587. The second-order valence-corrected chi connectivity index (χ2v) is 7.65. The monoisotopic (exact) mass is 392 g/mol. The fourth-order valence-electron chi connectivity index (χ4n) is 3.27. The molecule has 2 heterocycles. The van der Waals surface area contributed by atoms with Gasteiger partial charge in [-0.2, -0.15) is 18.5 Å². The van der Waals surface area contributed by atoms with Gasteiger partial charge >= 0.3 is 10.4 Å². The summed E-state index contributed by atoms with van der Waals surface area (Å²) in [4.78, 5) is 6.40. The van der Waals surface area contributed by atoms with Gasteiger partial charge in [0.2, 0.25) is 5.96 Å². The van der Waals surface area contributed by atoms with Crippen LogP contribution in [0.2, 0.25) is 0 Å². The van der Waals surface area contributed by atoms with E-state index >= 15 is 0 Å². The summed E-state index contributed by atoms with van der Waals surface area (Å²) in [5.41, 5.74) is 5.91. The Hall–Kier alpha value is -1.36. The minimum absolute atomic E-state index is 0. The quantitative estimate of drug-likeness (QED) is 0.425. The number of nitrogens with two attached hydrogens (primary N) is 1. The van der Waals surface area contributed by atoms with Gasteiger partial charge in [-0.3, -0.25) is 4.55 Å². The summed E-state index contributed by atoms with van der Waals surface area (Å²) in [6.45, 7) is 4.02. The smallest absolute Gasteiger partial charge is 0.412 e. The molecule has 10 heteroatoms. The molecule has 152 valence electrons. The van der Waals surface area contributed by atoms with Crippen LogP contribution < -0.4 is 5.73 Å². The summed E-state index contributed by atoms with van der Waals surface area (Å²) >= 11 is 0. The van der Waals surface area contributed by atoms with E-state index in [4.69, 9.17) is 10.3 Å². The third-order valence-corrected chi connectivity index (χ3v) is 4.90. The van der Waals surface area contributed by atoms with Gasteiger partial charge in [0.1, 0.15) is 5.82 Å². The van der Waals surface area contributed by atoms with Crippen molar-refractivity contribution >= 4 is 16.4 Å². The second kappa shape index (κ2) is 10.7. The van der Waals surface area contributed by atoms with Crippen molar-refractivity contribution in [2.45, 2.75) is 70.8 Å². The fourth-order valence-corrected chi connectivity index (χ4v) is 3.66. The number of likely N-dealkylation sites (tertiary alicyclic amines) is 1. The Kier molecular flexibility index (Phi) is 9.34. The zero-order chi connectivity index (χ0) is 18.3. The number of hydrogen-bond donors (Lipinski definition) is 2. The molecule has 0 aliphatic carbocycles. The topological polar surface area (TPSA) is 140 Å². The normalized spacial score (nSPS) is 20.6. The third kappa shape index (κ3) is 7.10. The number of rotatable bonds is 10. The van der Waals surface area contributed by atoms with E-state index < -0.39 is 10.4 Å². The van der Waals surface area contributed by atoms with Gasteiger partial charge in [-0.05, 0) is 25.3 Å². The van der Waals surface area contributed by atoms with Crippen molar-refractivity contribution in [3.8, 4) is 0 Å². The van der Waals surface area contributed by atoms with E-state index in [0.29, 0.717) is 6.42 Å². The maximum Gasteiger partial charge on any atom is 0.418 e. The van der Waals surface area contributed by atoms with E-state index in [2.05, 4.69) is 21.1 Å². The first kappa shape index (κ1) is 22.7. The van der Waals surface area contributed by atoms with E-state index in [-0.39, 0.29) is 17.5 Å². The first-order valence-corrected chi connectivity index (χ1v) is 10.5. The minimum atomic E-state index is -4.65. The highest BCUT2D eigenvalue weighted by Crippen LogP contribution is 2.24. The molecule has 0 spiro atoms. The Morgan fingerprint density at radius 2 is 1.85 bits per heavy atom. The van der Waals surface area contributed by atoms with Crippen molar-refractivity contribution in [3.63, 3.8) is 0 Å². The van der Waals surface area contributed by atoms with Gasteiger partial charge in [0.15, 0.2) is 0 Å². The van der Waals surface area contributed by atoms with Crippen molar-refractivity contribution in [2.75, 3.05) is 13.1 Å². The molecule has 0 bridgehead atoms. The van der Waals surface area contributed by atoms with Crippen LogP contribution >= 0.6 is 0 Å². The molecule has 2 aliphatic rings. The summed E-state index contributed by atoms with van der Waals surface area (Å²) in [5, 5.41) is 1.00. The van der Waals surface area contributed by atoms with Crippen LogP contribution in [0.5, 0.6) is 0 Å². The summed E-state index contributed by atoms with van der Waals surface area (Å²) in [6, 6.07) is -0.360. The average molecular weight is 393 g/mol. The lowest BCUT2D eigenvalue weighted by Gasteiger charge is -2.33. The Morgan fingerprint density at radius 3 is 2.46 bits per heavy atom. The number of unbranched alkanes of at least 4 members (excludes halogenated alkanes) is 5. The molecular weight excluding hydrogens is 360 g/mol. The predicted molar refractivity (Wildman–Crippen MR) is 100 cm³/mol. The average Bonchev–Trinajstić information content (AvgIpc) is 3.06. The lowest BCUT2D eigenvalue weighted by atomic mass is 10.0. The first-order chi connectivity index (χ1) is 11.9. The molecule has 1 atom stereocenters. The zero-order valence-corrected chi connectivity index (χ0v) is 16.2. The van der Waals surface area contributed by atoms with Gasteiger partial charge in [-0.1, -0.05) is 45.4 Å². The van der Waals surface area contributed by atoms with Crippen LogP contribution in [0.15, 0.2) is 16.9 Å². The number of hydroxylamine groups is 2. The van der Waals surface area contributed by atoms with Crippen LogP contribution in [0.3, 0.4) is 0 Å². The predicted octanol–water partition coefficient (Wildman–Crippen LogP) is 1.58. The Labute approximate surface area is 156 Å².